The summed E-state index contributed by atoms with van der Waals surface area (Å²) in [5.41, 5.74) is 7.00. The molecule has 136 valence electrons. The van der Waals surface area contributed by atoms with Gasteiger partial charge in [0.05, 0.1) is 5.56 Å². The van der Waals surface area contributed by atoms with Crippen LogP contribution in [0.3, 0.4) is 0 Å². The number of hydrogen-bond donors (Lipinski definition) is 2. The van der Waals surface area contributed by atoms with E-state index in [9.17, 15) is 4.79 Å². The fourth-order valence-electron chi connectivity index (χ4n) is 4.61. The molecule has 2 saturated carbocycles. The van der Waals surface area contributed by atoms with Crippen molar-refractivity contribution in [1.82, 2.24) is 5.32 Å². The number of hydrogen-bond acceptors (Lipinski definition) is 3. The number of fused-ring (bicyclic) bond motifs is 2. The van der Waals surface area contributed by atoms with Crippen LogP contribution in [0.25, 0.3) is 0 Å². The van der Waals surface area contributed by atoms with Crippen molar-refractivity contribution in [2.45, 2.75) is 54.0 Å². The Morgan fingerprint density at radius 1 is 0.962 bits per heavy atom. The smallest absolute Gasteiger partial charge is 0.252 e. The van der Waals surface area contributed by atoms with Gasteiger partial charge in [0.15, 0.2) is 0 Å². The van der Waals surface area contributed by atoms with Gasteiger partial charge in [0.2, 0.25) is 0 Å². The minimum Gasteiger partial charge on any atom is -0.349 e. The summed E-state index contributed by atoms with van der Waals surface area (Å²) in [6, 6.07) is 18.7. The Bertz CT molecular complexity index is 750. The van der Waals surface area contributed by atoms with Crippen LogP contribution in [0.1, 0.15) is 42.5 Å². The SMILES string of the molecule is NC1CC2CCCC(C1)C2NC(=O)c1ccccc1Sc1ccccc1. The summed E-state index contributed by atoms with van der Waals surface area (Å²) < 4.78 is 0. The second-order valence-electron chi connectivity index (χ2n) is 7.59. The van der Waals surface area contributed by atoms with Crippen molar-refractivity contribution < 1.29 is 4.79 Å². The number of carbonyl (C=O) groups is 1. The van der Waals surface area contributed by atoms with E-state index in [0.717, 1.165) is 28.2 Å². The Kier molecular flexibility index (Phi) is 5.32. The number of nitrogens with one attached hydrogen (secondary N) is 1. The molecule has 4 heteroatoms. The summed E-state index contributed by atoms with van der Waals surface area (Å²) in [5.74, 6) is 1.13. The Labute approximate surface area is 159 Å². The highest BCUT2D eigenvalue weighted by Crippen LogP contribution is 2.40. The Hall–Kier alpha value is -1.78. The van der Waals surface area contributed by atoms with Crippen molar-refractivity contribution in [3.63, 3.8) is 0 Å². The average molecular weight is 367 g/mol. The zero-order valence-electron chi connectivity index (χ0n) is 14.9. The lowest BCUT2D eigenvalue weighted by Gasteiger charge is -2.45. The van der Waals surface area contributed by atoms with Gasteiger partial charge in [-0.1, -0.05) is 48.5 Å². The van der Waals surface area contributed by atoms with Crippen LogP contribution < -0.4 is 11.1 Å². The first kappa shape index (κ1) is 17.6. The Balaban J connectivity index is 1.52. The van der Waals surface area contributed by atoms with Gasteiger partial charge in [-0.15, -0.1) is 0 Å². The fourth-order valence-corrected chi connectivity index (χ4v) is 5.58. The monoisotopic (exact) mass is 366 g/mol. The highest BCUT2D eigenvalue weighted by molar-refractivity contribution is 7.99. The van der Waals surface area contributed by atoms with E-state index in [1.165, 1.54) is 19.3 Å². The van der Waals surface area contributed by atoms with Crippen LogP contribution >= 0.6 is 11.8 Å². The first-order chi connectivity index (χ1) is 12.7. The number of nitrogens with two attached hydrogens (primary N) is 1. The van der Waals surface area contributed by atoms with Gasteiger partial charge in [0.1, 0.15) is 0 Å². The van der Waals surface area contributed by atoms with Gasteiger partial charge in [0.25, 0.3) is 5.91 Å². The van der Waals surface area contributed by atoms with E-state index >= 15 is 0 Å². The molecule has 2 bridgehead atoms. The normalized spacial score (nSPS) is 27.7. The summed E-state index contributed by atoms with van der Waals surface area (Å²) >= 11 is 1.65. The largest absolute Gasteiger partial charge is 0.349 e. The molecule has 3 N–H and O–H groups in total. The molecule has 2 aliphatic carbocycles. The second kappa shape index (κ2) is 7.85. The highest BCUT2D eigenvalue weighted by Gasteiger charge is 2.40. The van der Waals surface area contributed by atoms with E-state index in [1.54, 1.807) is 11.8 Å². The minimum absolute atomic E-state index is 0.0569. The van der Waals surface area contributed by atoms with Gasteiger partial charge < -0.3 is 11.1 Å². The standard InChI is InChI=1S/C22H26N2OS/c23-17-13-15-7-6-8-16(14-17)21(15)24-22(25)19-11-4-5-12-20(19)26-18-9-2-1-3-10-18/h1-5,9-12,15-17,21H,6-8,13-14,23H2,(H,24,25). The third-order valence-corrected chi connectivity index (χ3v) is 6.86. The van der Waals surface area contributed by atoms with Crippen LogP contribution in [0.2, 0.25) is 0 Å². The molecule has 1 amide bonds. The zero-order chi connectivity index (χ0) is 17.9. The lowest BCUT2D eigenvalue weighted by Crippen LogP contribution is -2.53. The predicted octanol–water partition coefficient (Wildman–Crippen LogP) is 4.47. The second-order valence-corrected chi connectivity index (χ2v) is 8.71. The third-order valence-electron chi connectivity index (χ3n) is 5.78. The molecule has 0 aromatic heterocycles. The van der Waals surface area contributed by atoms with Crippen molar-refractivity contribution in [3.05, 3.63) is 60.2 Å². The molecule has 2 aromatic rings. The summed E-state index contributed by atoms with van der Waals surface area (Å²) in [6.45, 7) is 0. The number of rotatable bonds is 4. The fraction of sp³-hybridized carbons (Fsp3) is 0.409. The maximum atomic E-state index is 13.1. The number of benzene rings is 2. The quantitative estimate of drug-likeness (QED) is 0.839. The molecule has 2 fully saturated rings. The van der Waals surface area contributed by atoms with E-state index in [1.807, 2.05) is 42.5 Å². The maximum absolute atomic E-state index is 13.1. The molecule has 0 aliphatic heterocycles. The van der Waals surface area contributed by atoms with Crippen LogP contribution in [0.15, 0.2) is 64.4 Å². The van der Waals surface area contributed by atoms with E-state index in [-0.39, 0.29) is 11.9 Å². The number of amides is 1. The number of carbonyl (C=O) groups excluding carboxylic acids is 1. The van der Waals surface area contributed by atoms with Crippen LogP contribution in [-0.4, -0.2) is 18.0 Å². The van der Waals surface area contributed by atoms with Gasteiger partial charge in [0, 0.05) is 21.9 Å². The molecule has 2 atom stereocenters. The van der Waals surface area contributed by atoms with Crippen molar-refractivity contribution >= 4 is 17.7 Å². The lowest BCUT2D eigenvalue weighted by atomic mass is 9.67. The summed E-state index contributed by atoms with van der Waals surface area (Å²) in [4.78, 5) is 15.2. The minimum atomic E-state index is 0.0569. The van der Waals surface area contributed by atoms with Crippen LogP contribution in [-0.2, 0) is 0 Å². The van der Waals surface area contributed by atoms with Crippen LogP contribution in [0.5, 0.6) is 0 Å². The molecule has 2 aromatic carbocycles. The van der Waals surface area contributed by atoms with Gasteiger partial charge in [-0.2, -0.15) is 0 Å². The molecule has 0 heterocycles. The van der Waals surface area contributed by atoms with Gasteiger partial charge in [-0.05, 0) is 61.8 Å². The van der Waals surface area contributed by atoms with Crippen LogP contribution in [0, 0.1) is 11.8 Å². The summed E-state index contributed by atoms with van der Waals surface area (Å²) in [6.07, 6.45) is 5.74. The molecular weight excluding hydrogens is 340 g/mol. The van der Waals surface area contributed by atoms with Gasteiger partial charge >= 0.3 is 0 Å². The van der Waals surface area contributed by atoms with E-state index in [2.05, 4.69) is 17.4 Å². The topological polar surface area (TPSA) is 55.1 Å². The maximum Gasteiger partial charge on any atom is 0.252 e. The average Bonchev–Trinajstić information content (AvgIpc) is 2.64. The highest BCUT2D eigenvalue weighted by atomic mass is 32.2. The molecule has 3 nitrogen and oxygen atoms in total. The molecule has 26 heavy (non-hydrogen) atoms. The molecule has 2 aliphatic rings. The van der Waals surface area contributed by atoms with Crippen LogP contribution in [0.4, 0.5) is 0 Å². The summed E-state index contributed by atoms with van der Waals surface area (Å²) in [5, 5.41) is 3.38. The molecule has 0 spiro atoms. The van der Waals surface area contributed by atoms with Crippen molar-refractivity contribution in [3.8, 4) is 0 Å². The van der Waals surface area contributed by atoms with Gasteiger partial charge in [-0.25, -0.2) is 0 Å². The lowest BCUT2D eigenvalue weighted by molar-refractivity contribution is 0.0753. The Morgan fingerprint density at radius 3 is 2.35 bits per heavy atom. The Morgan fingerprint density at radius 2 is 1.62 bits per heavy atom. The molecule has 0 radical (unpaired) electrons. The first-order valence-electron chi connectivity index (χ1n) is 9.59. The van der Waals surface area contributed by atoms with Crippen molar-refractivity contribution in [2.24, 2.45) is 17.6 Å². The molecule has 2 unspecified atom stereocenters. The zero-order valence-corrected chi connectivity index (χ0v) is 15.8. The predicted molar refractivity (Wildman–Crippen MR) is 106 cm³/mol. The molecule has 4 rings (SSSR count). The van der Waals surface area contributed by atoms with E-state index < -0.39 is 0 Å². The molecular formula is C22H26N2OS. The van der Waals surface area contributed by atoms with Crippen molar-refractivity contribution in [2.75, 3.05) is 0 Å². The van der Waals surface area contributed by atoms with E-state index in [4.69, 9.17) is 5.73 Å². The van der Waals surface area contributed by atoms with Crippen molar-refractivity contribution in [1.29, 1.82) is 0 Å². The van der Waals surface area contributed by atoms with E-state index in [0.29, 0.717) is 17.9 Å². The first-order valence-corrected chi connectivity index (χ1v) is 10.4. The van der Waals surface area contributed by atoms with Gasteiger partial charge in [-0.3, -0.25) is 4.79 Å². The third kappa shape index (κ3) is 3.81. The summed E-state index contributed by atoms with van der Waals surface area (Å²) in [7, 11) is 0. The molecule has 0 saturated heterocycles.